The van der Waals surface area contributed by atoms with Crippen LogP contribution in [0.15, 0.2) is 0 Å². The lowest BCUT2D eigenvalue weighted by atomic mass is 10.0. The molecule has 0 bridgehead atoms. The molecule has 19 N–H and O–H groups in total. The predicted octanol–water partition coefficient (Wildman–Crippen LogP) is -5.91. The maximum Gasteiger partial charge on any atom is 0.253 e. The fourth-order valence-electron chi connectivity index (χ4n) is 6.73. The first-order valence-electron chi connectivity index (χ1n) is 22.6. The largest absolute Gasteiger partial charge is 0.394 e. The Balaban J connectivity index is 2.54. The lowest BCUT2D eigenvalue weighted by Crippen LogP contribution is -2.49. The van der Waals surface area contributed by atoms with Gasteiger partial charge in [0.05, 0.1) is 155 Å². The van der Waals surface area contributed by atoms with E-state index >= 15 is 0 Å². The summed E-state index contributed by atoms with van der Waals surface area (Å²) >= 11 is 9.95. The highest BCUT2D eigenvalue weighted by Gasteiger charge is 2.37. The topological polar surface area (TPSA) is 478 Å². The zero-order chi connectivity index (χ0) is 59.6. The minimum atomic E-state index is -1.65. The molecule has 8 amide bonds. The lowest BCUT2D eigenvalue weighted by Gasteiger charge is -2.29. The summed E-state index contributed by atoms with van der Waals surface area (Å²) < 4.78 is -0.333. The fraction of sp³-hybridized carbons (Fsp3) is 0.535. The Hall–Kier alpha value is -1.94. The Labute approximate surface area is 526 Å². The molecule has 0 saturated heterocycles. The SMILES string of the molecule is CC(=O)N(CC(=O)NCC(O)CNC(=O)CN(C(C)=O)c1c(I)c(C(=O)NC(CO)C(O)CO)c(I)c(C(=O)NC(CO)C(O)CO)c1I)c1c(I)c(C(=O)NC(CO)C(O)CO)c(I)c(C(=O)NC(CO)C(O)CO)c1I. The molecule has 8 unspecified atom stereocenters. The Bertz CT molecular complexity index is 2220. The number of carbonyl (C=O) groups is 8. The van der Waals surface area contributed by atoms with Crippen molar-refractivity contribution in [3.8, 4) is 0 Å². The summed E-state index contributed by atoms with van der Waals surface area (Å²) in [5.74, 6) is -7.61. The van der Waals surface area contributed by atoms with Crippen LogP contribution in [0.5, 0.6) is 0 Å². The first-order valence-corrected chi connectivity index (χ1v) is 29.1. The van der Waals surface area contributed by atoms with Crippen molar-refractivity contribution in [2.75, 3.05) is 88.8 Å². The highest BCUT2D eigenvalue weighted by atomic mass is 127. The summed E-state index contributed by atoms with van der Waals surface area (Å²) in [4.78, 5) is 111. The van der Waals surface area contributed by atoms with Gasteiger partial charge in [-0.05, 0) is 136 Å². The smallest absolute Gasteiger partial charge is 0.253 e. The van der Waals surface area contributed by atoms with Crippen molar-refractivity contribution in [2.45, 2.75) is 68.5 Å². The number of carbonyl (C=O) groups excluding carboxylic acids is 8. The van der Waals surface area contributed by atoms with Crippen LogP contribution in [-0.4, -0.2) is 247 Å². The molecule has 8 atom stereocenters. The summed E-state index contributed by atoms with van der Waals surface area (Å²) in [5.41, 5.74) is -1.63. The lowest BCUT2D eigenvalue weighted by molar-refractivity contribution is -0.123. The molecule has 0 aliphatic carbocycles. The predicted molar refractivity (Wildman–Crippen MR) is 323 cm³/mol. The van der Waals surface area contributed by atoms with Gasteiger partial charge in [-0.3, -0.25) is 38.4 Å². The van der Waals surface area contributed by atoms with Crippen molar-refractivity contribution < 1.29 is 105 Å². The van der Waals surface area contributed by atoms with Crippen LogP contribution in [0, 0.1) is 21.4 Å². The first kappa shape index (κ1) is 72.2. The molecule has 29 nitrogen and oxygen atoms in total. The molecule has 0 aliphatic heterocycles. The first-order chi connectivity index (χ1) is 36.6. The van der Waals surface area contributed by atoms with Gasteiger partial charge in [-0.2, -0.15) is 0 Å². The average molecular weight is 1780 g/mol. The molecule has 2 aromatic rings. The Kier molecular flexibility index (Phi) is 32.0. The number of halogens is 6. The molecule has 0 aromatic heterocycles. The third-order valence-corrected chi connectivity index (χ3v) is 17.5. The number of anilines is 2. The van der Waals surface area contributed by atoms with Crippen LogP contribution < -0.4 is 41.7 Å². The number of nitrogens with one attached hydrogen (secondary N) is 6. The third-order valence-electron chi connectivity index (χ3n) is 11.1. The molecule has 0 spiro atoms. The van der Waals surface area contributed by atoms with Crippen molar-refractivity contribution in [2.24, 2.45) is 0 Å². The molecule has 438 valence electrons. The Morgan fingerprint density at radius 3 is 0.782 bits per heavy atom. The van der Waals surface area contributed by atoms with Gasteiger partial charge in [-0.15, -0.1) is 0 Å². The van der Waals surface area contributed by atoms with E-state index in [0.717, 1.165) is 23.6 Å². The van der Waals surface area contributed by atoms with Crippen LogP contribution >= 0.6 is 136 Å². The van der Waals surface area contributed by atoms with E-state index in [1.165, 1.54) is 0 Å². The van der Waals surface area contributed by atoms with E-state index < -0.39 is 181 Å². The van der Waals surface area contributed by atoms with Crippen molar-refractivity contribution in [3.05, 3.63) is 43.7 Å². The van der Waals surface area contributed by atoms with Gasteiger partial charge in [0.15, 0.2) is 0 Å². The molecule has 0 radical (unpaired) electrons. The maximum atomic E-state index is 13.9. The molecule has 2 rings (SSSR count). The molecule has 78 heavy (non-hydrogen) atoms. The molecule has 0 aliphatic rings. The van der Waals surface area contributed by atoms with Gasteiger partial charge in [0.2, 0.25) is 23.6 Å². The second kappa shape index (κ2) is 34.6. The van der Waals surface area contributed by atoms with Crippen molar-refractivity contribution in [3.63, 3.8) is 0 Å². The van der Waals surface area contributed by atoms with E-state index in [1.54, 1.807) is 136 Å². The van der Waals surface area contributed by atoms with Gasteiger partial charge in [0.1, 0.15) is 13.1 Å². The fourth-order valence-corrected chi connectivity index (χ4v) is 16.2. The minimum absolute atomic E-state index is 0.0416. The van der Waals surface area contributed by atoms with Crippen LogP contribution in [0.4, 0.5) is 11.4 Å². The summed E-state index contributed by atoms with van der Waals surface area (Å²) in [5, 5.41) is 143. The van der Waals surface area contributed by atoms with Crippen LogP contribution in [0.1, 0.15) is 55.3 Å². The van der Waals surface area contributed by atoms with Crippen molar-refractivity contribution >= 4 is 194 Å². The molecule has 2 aromatic carbocycles. The molecule has 0 fully saturated rings. The van der Waals surface area contributed by atoms with Crippen LogP contribution in [0.25, 0.3) is 0 Å². The monoisotopic (exact) mass is 1780 g/mol. The molecule has 0 saturated carbocycles. The number of nitrogens with zero attached hydrogens (tertiary/aromatic N) is 2. The number of aliphatic hydroxyl groups is 13. The molecular weight excluding hydrogens is 1730 g/mol. The maximum absolute atomic E-state index is 13.9. The second-order valence-electron chi connectivity index (χ2n) is 16.6. The highest BCUT2D eigenvalue weighted by Crippen LogP contribution is 2.40. The van der Waals surface area contributed by atoms with Gasteiger partial charge in [-0.25, -0.2) is 0 Å². The number of aliphatic hydroxyl groups excluding tert-OH is 13. The number of rotatable bonds is 30. The summed E-state index contributed by atoms with van der Waals surface area (Å²) in [6.07, 6.45) is -8.15. The van der Waals surface area contributed by atoms with Gasteiger partial charge in [-0.1, -0.05) is 0 Å². The van der Waals surface area contributed by atoms with Crippen molar-refractivity contribution in [1.82, 2.24) is 31.9 Å². The highest BCUT2D eigenvalue weighted by molar-refractivity contribution is 14.1. The van der Waals surface area contributed by atoms with Crippen LogP contribution in [-0.2, 0) is 19.2 Å². The summed E-state index contributed by atoms with van der Waals surface area (Å²) in [6, 6.07) is -5.73. The standard InChI is InChI=1S/C43H58I6N8O21/c1-15(66)56(38-34(46)28(40(75)52-18(7-58)22(69)11-62)32(44)29(35(38)47)41(76)53-19(8-59)23(70)12-63)5-26(73)50-3-17(68)4-51-27(74)6-57(16(2)67)39-36(48)30(42(77)54-20(9-60)24(71)13-64)33(45)31(37(39)49)43(78)55-21(10-61)25(72)14-65/h17-25,58-65,68-72H,3-14H2,1-2H3,(H,50,73)(H,51,74)(H,52,75)(H,53,76)(H,54,77)(H,55,78). The summed E-state index contributed by atoms with van der Waals surface area (Å²) in [7, 11) is 0. The zero-order valence-corrected chi connectivity index (χ0v) is 53.9. The number of hydrogen-bond donors (Lipinski definition) is 19. The van der Waals surface area contributed by atoms with Gasteiger partial charge >= 0.3 is 0 Å². The number of hydrogen-bond acceptors (Lipinski definition) is 21. The summed E-state index contributed by atoms with van der Waals surface area (Å²) in [6.45, 7) is -7.66. The average Bonchev–Trinajstić information content (AvgIpc) is 3.39. The molecule has 0 heterocycles. The Morgan fingerprint density at radius 1 is 0.385 bits per heavy atom. The van der Waals surface area contributed by atoms with Gasteiger partial charge in [0, 0.05) is 34.1 Å². The van der Waals surface area contributed by atoms with E-state index in [1.807, 2.05) is 0 Å². The minimum Gasteiger partial charge on any atom is -0.394 e. The van der Waals surface area contributed by atoms with Crippen LogP contribution in [0.3, 0.4) is 0 Å². The van der Waals surface area contributed by atoms with E-state index in [0.29, 0.717) is 0 Å². The quantitative estimate of drug-likeness (QED) is 0.0324. The third kappa shape index (κ3) is 19.0. The van der Waals surface area contributed by atoms with E-state index in [-0.39, 0.29) is 55.0 Å². The molecular formula is C43H58I6N8O21. The van der Waals surface area contributed by atoms with Gasteiger partial charge in [0.25, 0.3) is 23.6 Å². The van der Waals surface area contributed by atoms with Crippen LogP contribution in [0.2, 0.25) is 0 Å². The zero-order valence-electron chi connectivity index (χ0n) is 40.9. The Morgan fingerprint density at radius 2 is 0.603 bits per heavy atom. The van der Waals surface area contributed by atoms with Gasteiger partial charge < -0.3 is 108 Å². The number of benzene rings is 2. The van der Waals surface area contributed by atoms with E-state index in [9.17, 15) is 105 Å². The van der Waals surface area contributed by atoms with E-state index in [2.05, 4.69) is 31.9 Å². The van der Waals surface area contributed by atoms with E-state index in [4.69, 9.17) is 0 Å². The van der Waals surface area contributed by atoms with Crippen molar-refractivity contribution in [1.29, 1.82) is 0 Å². The number of amides is 8. The second-order valence-corrected chi connectivity index (χ2v) is 23.1. The normalized spacial score (nSPS) is 14.8. The molecule has 35 heteroatoms.